The van der Waals surface area contributed by atoms with Crippen molar-refractivity contribution < 1.29 is 18.7 Å². The predicted molar refractivity (Wildman–Crippen MR) is 87.2 cm³/mol. The molecular weight excluding hydrogens is 311 g/mol. The van der Waals surface area contributed by atoms with Gasteiger partial charge in [0.05, 0.1) is 19.7 Å². The number of carbonyl (C=O) groups excluding carboxylic acids is 1. The van der Waals surface area contributed by atoms with Gasteiger partial charge in [-0.3, -0.25) is 4.79 Å². The summed E-state index contributed by atoms with van der Waals surface area (Å²) in [6.07, 6.45) is 4.26. The maximum absolute atomic E-state index is 13.7. The molecule has 132 valence electrons. The summed E-state index contributed by atoms with van der Waals surface area (Å²) in [4.78, 5) is 18.0. The minimum absolute atomic E-state index is 0.0451. The van der Waals surface area contributed by atoms with Gasteiger partial charge >= 0.3 is 0 Å². The average molecular weight is 336 g/mol. The molecule has 2 saturated heterocycles. The van der Waals surface area contributed by atoms with Gasteiger partial charge in [-0.1, -0.05) is 13.8 Å². The van der Waals surface area contributed by atoms with Crippen LogP contribution in [0.5, 0.6) is 5.88 Å². The van der Waals surface area contributed by atoms with Crippen molar-refractivity contribution >= 4 is 5.91 Å². The number of hydrogen-bond donors (Lipinski definition) is 0. The first-order chi connectivity index (χ1) is 11.5. The van der Waals surface area contributed by atoms with Gasteiger partial charge in [0.2, 0.25) is 5.91 Å². The molecule has 2 aliphatic rings. The summed E-state index contributed by atoms with van der Waals surface area (Å²) in [5, 5.41) is 0. The second kappa shape index (κ2) is 7.05. The predicted octanol–water partition coefficient (Wildman–Crippen LogP) is 2.80. The van der Waals surface area contributed by atoms with Crippen LogP contribution < -0.4 is 4.74 Å². The van der Waals surface area contributed by atoms with Gasteiger partial charge in [0.15, 0.2) is 5.82 Å². The second-order valence-corrected chi connectivity index (χ2v) is 7.24. The molecule has 2 aliphatic heterocycles. The molecule has 0 N–H and O–H groups in total. The Kier molecular flexibility index (Phi) is 5.04. The number of likely N-dealkylation sites (tertiary alicyclic amines) is 1. The van der Waals surface area contributed by atoms with Crippen LogP contribution in [-0.2, 0) is 9.53 Å². The molecule has 1 atom stereocenters. The van der Waals surface area contributed by atoms with E-state index in [2.05, 4.69) is 18.8 Å². The lowest BCUT2D eigenvalue weighted by atomic mass is 9.84. The van der Waals surface area contributed by atoms with E-state index in [0.29, 0.717) is 44.9 Å². The van der Waals surface area contributed by atoms with E-state index in [0.717, 1.165) is 6.42 Å². The summed E-state index contributed by atoms with van der Waals surface area (Å²) >= 11 is 0. The van der Waals surface area contributed by atoms with Gasteiger partial charge in [0.1, 0.15) is 11.7 Å². The number of ether oxygens (including phenoxy) is 2. The number of nitrogens with zero attached hydrogens (tertiary/aromatic N) is 2. The third-order valence-corrected chi connectivity index (χ3v) is 4.70. The van der Waals surface area contributed by atoms with Crippen molar-refractivity contribution in [1.29, 1.82) is 0 Å². The first-order valence-corrected chi connectivity index (χ1v) is 8.66. The summed E-state index contributed by atoms with van der Waals surface area (Å²) in [5.41, 5.74) is -0.332. The van der Waals surface area contributed by atoms with Gasteiger partial charge in [0.25, 0.3) is 5.88 Å². The topological polar surface area (TPSA) is 51.7 Å². The fourth-order valence-corrected chi connectivity index (χ4v) is 3.32. The van der Waals surface area contributed by atoms with E-state index < -0.39 is 5.82 Å². The molecule has 0 saturated carbocycles. The van der Waals surface area contributed by atoms with Crippen LogP contribution in [-0.4, -0.2) is 47.2 Å². The van der Waals surface area contributed by atoms with Gasteiger partial charge in [0, 0.05) is 25.5 Å². The van der Waals surface area contributed by atoms with Gasteiger partial charge < -0.3 is 14.4 Å². The number of amides is 1. The van der Waals surface area contributed by atoms with E-state index in [1.165, 1.54) is 12.3 Å². The smallest absolute Gasteiger partial charge is 0.250 e. The molecule has 3 heterocycles. The zero-order chi connectivity index (χ0) is 17.2. The quantitative estimate of drug-likeness (QED) is 0.830. The highest BCUT2D eigenvalue weighted by Crippen LogP contribution is 2.36. The van der Waals surface area contributed by atoms with Crippen molar-refractivity contribution in [1.82, 2.24) is 9.88 Å². The van der Waals surface area contributed by atoms with E-state index in [9.17, 15) is 9.18 Å². The number of rotatable bonds is 5. The lowest BCUT2D eigenvalue weighted by Crippen LogP contribution is -2.67. The first-order valence-electron chi connectivity index (χ1n) is 8.66. The molecule has 0 radical (unpaired) electrons. The fraction of sp³-hybridized carbons (Fsp3) is 0.667. The van der Waals surface area contributed by atoms with Crippen LogP contribution in [0.2, 0.25) is 0 Å². The molecule has 1 aromatic rings. The molecule has 6 heteroatoms. The van der Waals surface area contributed by atoms with Crippen molar-refractivity contribution in [3.8, 4) is 5.88 Å². The molecule has 0 unspecified atom stereocenters. The molecule has 1 amide bonds. The summed E-state index contributed by atoms with van der Waals surface area (Å²) in [6.45, 7) is 6.01. The highest BCUT2D eigenvalue weighted by molar-refractivity contribution is 5.77. The zero-order valence-electron chi connectivity index (χ0n) is 14.3. The van der Waals surface area contributed by atoms with Crippen LogP contribution >= 0.6 is 0 Å². The zero-order valence-corrected chi connectivity index (χ0v) is 14.3. The molecule has 24 heavy (non-hydrogen) atoms. The Morgan fingerprint density at radius 1 is 1.54 bits per heavy atom. The first kappa shape index (κ1) is 17.1. The fourth-order valence-electron chi connectivity index (χ4n) is 3.32. The number of hydrogen-bond acceptors (Lipinski definition) is 4. The number of carbonyl (C=O) groups is 1. The largest absolute Gasteiger partial charge is 0.472 e. The Morgan fingerprint density at radius 2 is 2.33 bits per heavy atom. The number of pyridine rings is 1. The van der Waals surface area contributed by atoms with Crippen LogP contribution in [0.25, 0.3) is 0 Å². The van der Waals surface area contributed by atoms with Crippen molar-refractivity contribution in [2.45, 2.75) is 51.2 Å². The molecule has 1 spiro atoms. The van der Waals surface area contributed by atoms with Crippen LogP contribution in [0.4, 0.5) is 4.39 Å². The van der Waals surface area contributed by atoms with E-state index in [-0.39, 0.29) is 23.5 Å². The Hall–Kier alpha value is -1.69. The van der Waals surface area contributed by atoms with Crippen molar-refractivity contribution in [2.24, 2.45) is 5.92 Å². The SMILES string of the molecule is CC(C)CCC(=O)N1CC2(C[C@@H](Oc3ncccc3F)CCO2)C1. The molecular formula is C18H25FN2O3. The van der Waals surface area contributed by atoms with Crippen LogP contribution in [0.3, 0.4) is 0 Å². The summed E-state index contributed by atoms with van der Waals surface area (Å²) < 4.78 is 25.3. The van der Waals surface area contributed by atoms with Crippen LogP contribution in [0, 0.1) is 11.7 Å². The maximum atomic E-state index is 13.7. The Balaban J connectivity index is 1.52. The Labute approximate surface area is 142 Å². The Bertz CT molecular complexity index is 587. The lowest BCUT2D eigenvalue weighted by Gasteiger charge is -2.53. The van der Waals surface area contributed by atoms with Crippen molar-refractivity contribution in [3.05, 3.63) is 24.1 Å². The minimum atomic E-state index is -0.447. The summed E-state index contributed by atoms with van der Waals surface area (Å²) in [5.74, 6) is 0.318. The van der Waals surface area contributed by atoms with E-state index in [4.69, 9.17) is 9.47 Å². The van der Waals surface area contributed by atoms with Crippen LogP contribution in [0.1, 0.15) is 39.5 Å². The minimum Gasteiger partial charge on any atom is -0.472 e. The van der Waals surface area contributed by atoms with E-state index >= 15 is 0 Å². The highest BCUT2D eigenvalue weighted by atomic mass is 19.1. The third kappa shape index (κ3) is 3.86. The van der Waals surface area contributed by atoms with Gasteiger partial charge in [-0.25, -0.2) is 9.37 Å². The van der Waals surface area contributed by atoms with Gasteiger partial charge in [-0.05, 0) is 24.5 Å². The lowest BCUT2D eigenvalue weighted by molar-refractivity contribution is -0.193. The van der Waals surface area contributed by atoms with Gasteiger partial charge in [-0.15, -0.1) is 0 Å². The molecule has 0 bridgehead atoms. The van der Waals surface area contributed by atoms with Crippen LogP contribution in [0.15, 0.2) is 18.3 Å². The molecule has 0 aliphatic carbocycles. The molecule has 3 rings (SSSR count). The van der Waals surface area contributed by atoms with Gasteiger partial charge in [-0.2, -0.15) is 0 Å². The number of halogens is 1. The van der Waals surface area contributed by atoms with Crippen molar-refractivity contribution in [3.63, 3.8) is 0 Å². The van der Waals surface area contributed by atoms with E-state index in [1.807, 2.05) is 4.90 Å². The summed E-state index contributed by atoms with van der Waals surface area (Å²) in [6, 6.07) is 2.89. The molecule has 2 fully saturated rings. The molecule has 1 aromatic heterocycles. The number of aromatic nitrogens is 1. The third-order valence-electron chi connectivity index (χ3n) is 4.70. The Morgan fingerprint density at radius 3 is 3.04 bits per heavy atom. The van der Waals surface area contributed by atoms with Crippen molar-refractivity contribution in [2.75, 3.05) is 19.7 Å². The normalized spacial score (nSPS) is 22.5. The second-order valence-electron chi connectivity index (χ2n) is 7.24. The standard InChI is InChI=1S/C18H25FN2O3/c1-13(2)5-6-16(22)21-11-18(12-21)10-14(7-9-23-18)24-17-15(19)4-3-8-20-17/h3-4,8,13-14H,5-7,9-12H2,1-2H3/t14-/m0/s1. The van der Waals surface area contributed by atoms with E-state index in [1.54, 1.807) is 6.07 Å². The molecule has 0 aromatic carbocycles. The monoisotopic (exact) mass is 336 g/mol. The average Bonchev–Trinajstić information content (AvgIpc) is 2.52. The maximum Gasteiger partial charge on any atom is 0.250 e. The summed E-state index contributed by atoms with van der Waals surface area (Å²) in [7, 11) is 0. The molecule has 5 nitrogen and oxygen atoms in total. The highest BCUT2D eigenvalue weighted by Gasteiger charge is 2.49.